The van der Waals surface area contributed by atoms with Crippen LogP contribution >= 0.6 is 22.9 Å². The summed E-state index contributed by atoms with van der Waals surface area (Å²) in [6, 6.07) is 10.9. The Balaban J connectivity index is 1.62. The van der Waals surface area contributed by atoms with Crippen molar-refractivity contribution in [3.63, 3.8) is 0 Å². The molecule has 1 aromatic carbocycles. The lowest BCUT2D eigenvalue weighted by atomic mass is 10.2. The molecule has 0 unspecified atom stereocenters. The minimum Gasteiger partial charge on any atom is -0.459 e. The number of hydrogen-bond acceptors (Lipinski definition) is 5. The molecule has 26 heavy (non-hydrogen) atoms. The van der Waals surface area contributed by atoms with Crippen LogP contribution in [0.5, 0.6) is 0 Å². The Kier molecular flexibility index (Phi) is 5.06. The molecule has 0 aliphatic carbocycles. The second kappa shape index (κ2) is 7.61. The fourth-order valence-electron chi connectivity index (χ4n) is 2.91. The SMILES string of the molecule is O=C(c1ccco1)N(C[C@@H]1CCCO1)c1nc(-c2ccc(Cl)cc2)cs1. The molecule has 1 atom stereocenters. The third-order valence-corrected chi connectivity index (χ3v) is 5.37. The van der Waals surface area contributed by atoms with Crippen LogP contribution in [0, 0.1) is 0 Å². The Hall–Kier alpha value is -2.15. The quantitative estimate of drug-likeness (QED) is 0.624. The minimum absolute atomic E-state index is 0.0248. The Bertz CT molecular complexity index is 871. The molecule has 0 radical (unpaired) electrons. The van der Waals surface area contributed by atoms with Crippen molar-refractivity contribution in [2.75, 3.05) is 18.1 Å². The average Bonchev–Trinajstić information content (AvgIpc) is 3.42. The van der Waals surface area contributed by atoms with Crippen molar-refractivity contribution in [2.24, 2.45) is 0 Å². The van der Waals surface area contributed by atoms with E-state index in [0.717, 1.165) is 30.7 Å². The van der Waals surface area contributed by atoms with E-state index in [9.17, 15) is 4.79 Å². The summed E-state index contributed by atoms with van der Waals surface area (Å²) in [6.45, 7) is 1.20. The number of aromatic nitrogens is 1. The monoisotopic (exact) mass is 388 g/mol. The van der Waals surface area contributed by atoms with Gasteiger partial charge in [0.15, 0.2) is 10.9 Å². The number of halogens is 1. The van der Waals surface area contributed by atoms with Gasteiger partial charge in [0.05, 0.1) is 24.6 Å². The van der Waals surface area contributed by atoms with Gasteiger partial charge in [-0.3, -0.25) is 9.69 Å². The van der Waals surface area contributed by atoms with Crippen LogP contribution in [0.1, 0.15) is 23.4 Å². The zero-order chi connectivity index (χ0) is 17.9. The maximum Gasteiger partial charge on any atom is 0.295 e. The summed E-state index contributed by atoms with van der Waals surface area (Å²) in [7, 11) is 0. The van der Waals surface area contributed by atoms with E-state index in [1.807, 2.05) is 29.6 Å². The number of amides is 1. The lowest BCUT2D eigenvalue weighted by Gasteiger charge is -2.22. The number of carbonyl (C=O) groups is 1. The standard InChI is InChI=1S/C19H17ClN2O3S/c20-14-7-5-13(6-8-14)16-12-26-19(21-16)22(11-15-3-1-9-24-15)18(23)17-4-2-10-25-17/h2,4-8,10,12,15H,1,3,9,11H2/t15-/m0/s1. The molecule has 1 saturated heterocycles. The molecular weight excluding hydrogens is 372 g/mol. The smallest absolute Gasteiger partial charge is 0.295 e. The van der Waals surface area contributed by atoms with Gasteiger partial charge in [-0.1, -0.05) is 23.7 Å². The second-order valence-electron chi connectivity index (χ2n) is 6.05. The lowest BCUT2D eigenvalue weighted by molar-refractivity contribution is 0.0895. The molecule has 1 fully saturated rings. The number of hydrogen-bond donors (Lipinski definition) is 0. The van der Waals surface area contributed by atoms with Crippen LogP contribution in [0.15, 0.2) is 52.5 Å². The van der Waals surface area contributed by atoms with Gasteiger partial charge >= 0.3 is 0 Å². The molecule has 7 heteroatoms. The van der Waals surface area contributed by atoms with E-state index in [0.29, 0.717) is 22.5 Å². The van der Waals surface area contributed by atoms with Crippen LogP contribution in [0.3, 0.4) is 0 Å². The number of carbonyl (C=O) groups excluding carboxylic acids is 1. The van der Waals surface area contributed by atoms with E-state index >= 15 is 0 Å². The first-order chi connectivity index (χ1) is 12.7. The van der Waals surface area contributed by atoms with E-state index in [1.54, 1.807) is 17.0 Å². The number of thiazole rings is 1. The average molecular weight is 389 g/mol. The molecule has 5 nitrogen and oxygen atoms in total. The van der Waals surface area contributed by atoms with Crippen LogP contribution in [0.2, 0.25) is 5.02 Å². The van der Waals surface area contributed by atoms with Gasteiger partial charge in [-0.25, -0.2) is 4.98 Å². The van der Waals surface area contributed by atoms with Crippen LogP contribution in [-0.2, 0) is 4.74 Å². The zero-order valence-corrected chi connectivity index (χ0v) is 15.5. The summed E-state index contributed by atoms with van der Waals surface area (Å²) in [5.74, 6) is 0.0914. The molecule has 3 aromatic rings. The molecule has 0 bridgehead atoms. The number of anilines is 1. The predicted octanol–water partition coefficient (Wildman–Crippen LogP) is 4.88. The number of ether oxygens (including phenoxy) is 1. The number of benzene rings is 1. The fraction of sp³-hybridized carbons (Fsp3) is 0.263. The van der Waals surface area contributed by atoms with E-state index < -0.39 is 0 Å². The first-order valence-corrected chi connectivity index (χ1v) is 9.65. The molecule has 3 heterocycles. The van der Waals surface area contributed by atoms with Crippen molar-refractivity contribution >= 4 is 34.0 Å². The maximum absolute atomic E-state index is 12.9. The number of rotatable bonds is 5. The summed E-state index contributed by atoms with van der Waals surface area (Å²) >= 11 is 7.38. The molecule has 134 valence electrons. The highest BCUT2D eigenvalue weighted by molar-refractivity contribution is 7.14. The van der Waals surface area contributed by atoms with Gasteiger partial charge in [0.2, 0.25) is 0 Å². The van der Waals surface area contributed by atoms with Gasteiger partial charge < -0.3 is 9.15 Å². The van der Waals surface area contributed by atoms with Crippen molar-refractivity contribution in [3.8, 4) is 11.3 Å². The normalized spacial score (nSPS) is 16.7. The summed E-state index contributed by atoms with van der Waals surface area (Å²) < 4.78 is 11.0. The van der Waals surface area contributed by atoms with Gasteiger partial charge in [-0.15, -0.1) is 11.3 Å². The van der Waals surface area contributed by atoms with Crippen molar-refractivity contribution in [1.82, 2.24) is 4.98 Å². The maximum atomic E-state index is 12.9. The van der Waals surface area contributed by atoms with Crippen LogP contribution < -0.4 is 4.90 Å². The molecular formula is C19H17ClN2O3S. The summed E-state index contributed by atoms with van der Waals surface area (Å²) in [6.07, 6.45) is 3.48. The first-order valence-electron chi connectivity index (χ1n) is 8.39. The van der Waals surface area contributed by atoms with E-state index in [4.69, 9.17) is 20.8 Å². The van der Waals surface area contributed by atoms with Crippen molar-refractivity contribution in [1.29, 1.82) is 0 Å². The molecule has 0 N–H and O–H groups in total. The molecule has 1 amide bonds. The highest BCUT2D eigenvalue weighted by Crippen LogP contribution is 2.30. The molecule has 4 rings (SSSR count). The van der Waals surface area contributed by atoms with Crippen LogP contribution in [-0.4, -0.2) is 30.1 Å². The van der Waals surface area contributed by atoms with Gasteiger partial charge in [0.25, 0.3) is 5.91 Å². The Morgan fingerprint density at radius 2 is 2.15 bits per heavy atom. The van der Waals surface area contributed by atoms with Gasteiger partial charge in [-0.2, -0.15) is 0 Å². The summed E-state index contributed by atoms with van der Waals surface area (Å²) in [5.41, 5.74) is 1.77. The zero-order valence-electron chi connectivity index (χ0n) is 13.9. The molecule has 0 spiro atoms. The third kappa shape index (κ3) is 3.67. The highest BCUT2D eigenvalue weighted by Gasteiger charge is 2.28. The Morgan fingerprint density at radius 1 is 1.31 bits per heavy atom. The third-order valence-electron chi connectivity index (χ3n) is 4.25. The fourth-order valence-corrected chi connectivity index (χ4v) is 3.88. The first kappa shape index (κ1) is 17.3. The minimum atomic E-state index is -0.206. The summed E-state index contributed by atoms with van der Waals surface area (Å²) in [4.78, 5) is 19.2. The van der Waals surface area contributed by atoms with E-state index in [1.165, 1.54) is 17.6 Å². The van der Waals surface area contributed by atoms with Gasteiger partial charge in [0.1, 0.15) is 0 Å². The Morgan fingerprint density at radius 3 is 2.85 bits per heavy atom. The molecule has 2 aromatic heterocycles. The molecule has 1 aliphatic heterocycles. The van der Waals surface area contributed by atoms with Gasteiger partial charge in [-0.05, 0) is 37.1 Å². The largest absolute Gasteiger partial charge is 0.459 e. The highest BCUT2D eigenvalue weighted by atomic mass is 35.5. The van der Waals surface area contributed by atoms with Crippen LogP contribution in [0.25, 0.3) is 11.3 Å². The number of nitrogens with zero attached hydrogens (tertiary/aromatic N) is 2. The topological polar surface area (TPSA) is 55.6 Å². The van der Waals surface area contributed by atoms with E-state index in [-0.39, 0.29) is 12.0 Å². The molecule has 1 aliphatic rings. The number of furan rings is 1. The van der Waals surface area contributed by atoms with Crippen molar-refractivity contribution in [3.05, 3.63) is 58.8 Å². The van der Waals surface area contributed by atoms with Gasteiger partial charge in [0, 0.05) is 22.6 Å². The molecule has 0 saturated carbocycles. The van der Waals surface area contributed by atoms with E-state index in [2.05, 4.69) is 4.98 Å². The second-order valence-corrected chi connectivity index (χ2v) is 7.32. The van der Waals surface area contributed by atoms with Crippen molar-refractivity contribution < 1.29 is 13.9 Å². The van der Waals surface area contributed by atoms with Crippen LogP contribution in [0.4, 0.5) is 5.13 Å². The predicted molar refractivity (Wildman–Crippen MR) is 102 cm³/mol. The van der Waals surface area contributed by atoms with Crippen molar-refractivity contribution in [2.45, 2.75) is 18.9 Å². The Labute approximate surface area is 160 Å². The lowest BCUT2D eigenvalue weighted by Crippen LogP contribution is -2.37. The summed E-state index contributed by atoms with van der Waals surface area (Å²) in [5, 5.41) is 3.25.